The molecule has 2 aromatic rings. The highest BCUT2D eigenvalue weighted by Gasteiger charge is 2.12. The summed E-state index contributed by atoms with van der Waals surface area (Å²) in [7, 11) is 1.45. The molecule has 1 aromatic heterocycles. The van der Waals surface area contributed by atoms with Crippen LogP contribution < -0.4 is 10.1 Å². The number of methoxy groups -OCH3 is 1. The van der Waals surface area contributed by atoms with Gasteiger partial charge in [0.2, 0.25) is 5.91 Å². The standard InChI is InChI=1S/C14H12ClFN2O2/c1-8(19)18-14-6-11(12(15)7-17-14)10-4-3-9(16)5-13(10)20-2/h3-7H,1-2H3,(H,17,18,19). The first-order valence-corrected chi connectivity index (χ1v) is 6.16. The van der Waals surface area contributed by atoms with Crippen molar-refractivity contribution in [3.63, 3.8) is 0 Å². The van der Waals surface area contributed by atoms with Crippen LogP contribution >= 0.6 is 11.6 Å². The van der Waals surface area contributed by atoms with Gasteiger partial charge >= 0.3 is 0 Å². The molecule has 1 amide bonds. The average Bonchev–Trinajstić information content (AvgIpc) is 2.40. The number of hydrogen-bond acceptors (Lipinski definition) is 3. The van der Waals surface area contributed by atoms with Crippen molar-refractivity contribution in [2.75, 3.05) is 12.4 Å². The van der Waals surface area contributed by atoms with Gasteiger partial charge in [-0.15, -0.1) is 0 Å². The van der Waals surface area contributed by atoms with E-state index in [1.165, 1.54) is 32.4 Å². The predicted molar refractivity (Wildman–Crippen MR) is 75.5 cm³/mol. The molecule has 0 saturated heterocycles. The number of rotatable bonds is 3. The van der Waals surface area contributed by atoms with Gasteiger partial charge in [0.15, 0.2) is 0 Å². The highest BCUT2D eigenvalue weighted by molar-refractivity contribution is 6.33. The van der Waals surface area contributed by atoms with Gasteiger partial charge in [-0.3, -0.25) is 4.79 Å². The average molecular weight is 295 g/mol. The molecule has 0 bridgehead atoms. The predicted octanol–water partition coefficient (Wildman–Crippen LogP) is 3.51. The quantitative estimate of drug-likeness (QED) is 0.942. The molecule has 0 fully saturated rings. The summed E-state index contributed by atoms with van der Waals surface area (Å²) in [5, 5.41) is 2.95. The maximum atomic E-state index is 13.2. The van der Waals surface area contributed by atoms with Crippen LogP contribution in [0, 0.1) is 5.82 Å². The number of aromatic nitrogens is 1. The third-order valence-electron chi connectivity index (χ3n) is 2.61. The molecule has 1 N–H and O–H groups in total. The monoisotopic (exact) mass is 294 g/mol. The van der Waals surface area contributed by atoms with E-state index in [0.29, 0.717) is 27.7 Å². The molecule has 0 atom stereocenters. The minimum atomic E-state index is -0.405. The van der Waals surface area contributed by atoms with E-state index in [1.807, 2.05) is 0 Å². The molecule has 0 aliphatic rings. The molecule has 0 unspecified atom stereocenters. The normalized spacial score (nSPS) is 10.2. The second-order valence-electron chi connectivity index (χ2n) is 4.08. The molecule has 0 radical (unpaired) electrons. The van der Waals surface area contributed by atoms with Crippen molar-refractivity contribution in [1.29, 1.82) is 0 Å². The van der Waals surface area contributed by atoms with E-state index in [2.05, 4.69) is 10.3 Å². The zero-order valence-corrected chi connectivity index (χ0v) is 11.7. The Morgan fingerprint density at radius 3 is 2.75 bits per heavy atom. The molecule has 104 valence electrons. The third kappa shape index (κ3) is 3.05. The van der Waals surface area contributed by atoms with Crippen LogP contribution in [0.15, 0.2) is 30.5 Å². The van der Waals surface area contributed by atoms with Crippen molar-refractivity contribution in [2.45, 2.75) is 6.92 Å². The molecule has 1 aromatic carbocycles. The first-order valence-electron chi connectivity index (χ1n) is 5.78. The Bertz CT molecular complexity index is 662. The zero-order valence-electron chi connectivity index (χ0n) is 10.9. The van der Waals surface area contributed by atoms with Crippen LogP contribution in [0.1, 0.15) is 6.92 Å². The summed E-state index contributed by atoms with van der Waals surface area (Å²) in [6.07, 6.45) is 1.42. The number of benzene rings is 1. The topological polar surface area (TPSA) is 51.2 Å². The number of carbonyl (C=O) groups is 1. The third-order valence-corrected chi connectivity index (χ3v) is 2.91. The summed E-state index contributed by atoms with van der Waals surface area (Å²) in [6, 6.07) is 5.75. The maximum Gasteiger partial charge on any atom is 0.222 e. The van der Waals surface area contributed by atoms with Crippen molar-refractivity contribution >= 4 is 23.3 Å². The van der Waals surface area contributed by atoms with Crippen molar-refractivity contribution in [1.82, 2.24) is 4.98 Å². The van der Waals surface area contributed by atoms with E-state index in [1.54, 1.807) is 12.1 Å². The number of hydrogen-bond donors (Lipinski definition) is 1. The van der Waals surface area contributed by atoms with E-state index in [0.717, 1.165) is 0 Å². The van der Waals surface area contributed by atoms with Crippen molar-refractivity contribution in [2.24, 2.45) is 0 Å². The van der Waals surface area contributed by atoms with Crippen LogP contribution in [-0.4, -0.2) is 18.0 Å². The molecule has 20 heavy (non-hydrogen) atoms. The minimum Gasteiger partial charge on any atom is -0.496 e. The van der Waals surface area contributed by atoms with Crippen molar-refractivity contribution < 1.29 is 13.9 Å². The summed E-state index contributed by atoms with van der Waals surface area (Å²) < 4.78 is 18.4. The van der Waals surface area contributed by atoms with Crippen LogP contribution in [0.5, 0.6) is 5.75 Å². The van der Waals surface area contributed by atoms with E-state index in [-0.39, 0.29) is 5.91 Å². The highest BCUT2D eigenvalue weighted by atomic mass is 35.5. The molecule has 0 aliphatic heterocycles. The second-order valence-corrected chi connectivity index (χ2v) is 4.48. The van der Waals surface area contributed by atoms with Crippen LogP contribution in [0.2, 0.25) is 5.02 Å². The second kappa shape index (κ2) is 5.88. The summed E-state index contributed by atoms with van der Waals surface area (Å²) in [5.41, 5.74) is 1.22. The van der Waals surface area contributed by atoms with E-state index < -0.39 is 5.82 Å². The lowest BCUT2D eigenvalue weighted by Crippen LogP contribution is -2.07. The van der Waals surface area contributed by atoms with E-state index in [9.17, 15) is 9.18 Å². The van der Waals surface area contributed by atoms with E-state index in [4.69, 9.17) is 16.3 Å². The van der Waals surface area contributed by atoms with Crippen LogP contribution in [0.25, 0.3) is 11.1 Å². The molecule has 0 spiro atoms. The lowest BCUT2D eigenvalue weighted by Gasteiger charge is -2.11. The van der Waals surface area contributed by atoms with Gasteiger partial charge in [-0.1, -0.05) is 11.6 Å². The molecule has 4 nitrogen and oxygen atoms in total. The van der Waals surface area contributed by atoms with Crippen LogP contribution in [0.3, 0.4) is 0 Å². The van der Waals surface area contributed by atoms with Gasteiger partial charge in [-0.2, -0.15) is 0 Å². The van der Waals surface area contributed by atoms with Crippen LogP contribution in [-0.2, 0) is 4.79 Å². The Kier molecular flexibility index (Phi) is 4.20. The smallest absolute Gasteiger partial charge is 0.222 e. The van der Waals surface area contributed by atoms with E-state index >= 15 is 0 Å². The fourth-order valence-electron chi connectivity index (χ4n) is 1.78. The lowest BCUT2D eigenvalue weighted by atomic mass is 10.1. The van der Waals surface area contributed by atoms with Gasteiger partial charge in [0.25, 0.3) is 0 Å². The lowest BCUT2D eigenvalue weighted by molar-refractivity contribution is -0.114. The highest BCUT2D eigenvalue weighted by Crippen LogP contribution is 2.36. The van der Waals surface area contributed by atoms with Gasteiger partial charge in [-0.25, -0.2) is 9.37 Å². The molecule has 6 heteroatoms. The maximum absolute atomic E-state index is 13.2. The Hall–Kier alpha value is -2.14. The minimum absolute atomic E-state index is 0.239. The van der Waals surface area contributed by atoms with Crippen molar-refractivity contribution in [3.05, 3.63) is 41.3 Å². The Morgan fingerprint density at radius 1 is 1.35 bits per heavy atom. The van der Waals surface area contributed by atoms with Gasteiger partial charge in [0.1, 0.15) is 17.4 Å². The molecule has 2 rings (SSSR count). The Morgan fingerprint density at radius 2 is 2.10 bits per heavy atom. The van der Waals surface area contributed by atoms with Gasteiger partial charge in [0, 0.05) is 30.3 Å². The number of pyridine rings is 1. The Labute approximate surface area is 120 Å². The van der Waals surface area contributed by atoms with Gasteiger partial charge < -0.3 is 10.1 Å². The van der Waals surface area contributed by atoms with Crippen LogP contribution in [0.4, 0.5) is 10.2 Å². The first-order chi connectivity index (χ1) is 9.51. The van der Waals surface area contributed by atoms with Gasteiger partial charge in [-0.05, 0) is 18.2 Å². The number of halogens is 2. The number of carbonyl (C=O) groups excluding carboxylic acids is 1. The summed E-state index contributed by atoms with van der Waals surface area (Å²) in [4.78, 5) is 15.1. The summed E-state index contributed by atoms with van der Waals surface area (Å²) in [6.45, 7) is 1.38. The first kappa shape index (κ1) is 14.3. The summed E-state index contributed by atoms with van der Waals surface area (Å²) >= 11 is 6.11. The number of amides is 1. The molecular weight excluding hydrogens is 283 g/mol. The largest absolute Gasteiger partial charge is 0.496 e. The summed E-state index contributed by atoms with van der Waals surface area (Å²) in [5.74, 6) is 0.0739. The zero-order chi connectivity index (χ0) is 14.7. The number of nitrogens with one attached hydrogen (secondary N) is 1. The fraction of sp³-hybridized carbons (Fsp3) is 0.143. The molecule has 0 saturated carbocycles. The number of nitrogens with zero attached hydrogens (tertiary/aromatic N) is 1. The van der Waals surface area contributed by atoms with Gasteiger partial charge in [0.05, 0.1) is 12.1 Å². The van der Waals surface area contributed by atoms with Crippen molar-refractivity contribution in [3.8, 4) is 16.9 Å². The molecule has 1 heterocycles. The molecule has 0 aliphatic carbocycles. The molecular formula is C14H12ClFN2O2. The Balaban J connectivity index is 2.54. The number of ether oxygens (including phenoxy) is 1. The number of anilines is 1. The fourth-order valence-corrected chi connectivity index (χ4v) is 1.99. The SMILES string of the molecule is COc1cc(F)ccc1-c1cc(NC(C)=O)ncc1Cl.